The molecule has 0 aromatic carbocycles. The van der Waals surface area contributed by atoms with Gasteiger partial charge in [-0.2, -0.15) is 0 Å². The van der Waals surface area contributed by atoms with Crippen LogP contribution < -0.4 is 5.32 Å². The fraction of sp³-hybridized carbons (Fsp3) is 1.00. The van der Waals surface area contributed by atoms with Gasteiger partial charge in [-0.15, -0.1) is 0 Å². The summed E-state index contributed by atoms with van der Waals surface area (Å²) in [4.78, 5) is 2.40. The number of nitrogens with one attached hydrogen (secondary N) is 1. The van der Waals surface area contributed by atoms with Gasteiger partial charge >= 0.3 is 0 Å². The van der Waals surface area contributed by atoms with E-state index in [4.69, 9.17) is 0 Å². The molecule has 3 atom stereocenters. The number of aliphatic hydroxyl groups is 1. The summed E-state index contributed by atoms with van der Waals surface area (Å²) in [5.41, 5.74) is 0. The monoisotopic (exact) mass is 228 g/mol. The highest BCUT2D eigenvalue weighted by Crippen LogP contribution is 2.22. The van der Waals surface area contributed by atoms with E-state index in [1.807, 2.05) is 0 Å². The molecule has 0 spiro atoms. The molecular weight excluding hydrogens is 200 g/mol. The Bertz CT molecular complexity index is 196. The molecule has 1 rings (SSSR count). The van der Waals surface area contributed by atoms with Gasteiger partial charge < -0.3 is 15.3 Å². The van der Waals surface area contributed by atoms with Crippen LogP contribution in [0.25, 0.3) is 0 Å². The van der Waals surface area contributed by atoms with Crippen molar-refractivity contribution in [2.75, 3.05) is 26.2 Å². The van der Waals surface area contributed by atoms with E-state index in [-0.39, 0.29) is 6.10 Å². The van der Waals surface area contributed by atoms with Crippen LogP contribution in [0.2, 0.25) is 0 Å². The van der Waals surface area contributed by atoms with Crippen molar-refractivity contribution < 1.29 is 5.11 Å². The van der Waals surface area contributed by atoms with Gasteiger partial charge in [-0.25, -0.2) is 0 Å². The van der Waals surface area contributed by atoms with Crippen molar-refractivity contribution in [3.05, 3.63) is 0 Å². The number of aliphatic hydroxyl groups excluding tert-OH is 1. The van der Waals surface area contributed by atoms with Crippen molar-refractivity contribution in [3.8, 4) is 0 Å². The lowest BCUT2D eigenvalue weighted by molar-refractivity contribution is 0.0696. The smallest absolute Gasteiger partial charge is 0.0791 e. The average molecular weight is 228 g/mol. The quantitative estimate of drug-likeness (QED) is 0.745. The molecule has 3 unspecified atom stereocenters. The van der Waals surface area contributed by atoms with Gasteiger partial charge in [-0.05, 0) is 24.8 Å². The molecule has 16 heavy (non-hydrogen) atoms. The minimum atomic E-state index is -0.233. The van der Waals surface area contributed by atoms with Crippen molar-refractivity contribution in [2.24, 2.45) is 11.8 Å². The predicted molar refractivity (Wildman–Crippen MR) is 68.5 cm³/mol. The number of hydrogen-bond acceptors (Lipinski definition) is 3. The molecule has 0 amide bonds. The van der Waals surface area contributed by atoms with Crippen LogP contribution in [0.1, 0.15) is 34.1 Å². The zero-order chi connectivity index (χ0) is 12.1. The highest BCUT2D eigenvalue weighted by molar-refractivity contribution is 4.77. The van der Waals surface area contributed by atoms with E-state index in [0.717, 1.165) is 31.5 Å². The van der Waals surface area contributed by atoms with E-state index in [9.17, 15) is 5.11 Å². The third-order valence-corrected chi connectivity index (χ3v) is 3.65. The van der Waals surface area contributed by atoms with Crippen LogP contribution in [0.4, 0.5) is 0 Å². The van der Waals surface area contributed by atoms with Gasteiger partial charge in [0, 0.05) is 25.7 Å². The zero-order valence-corrected chi connectivity index (χ0v) is 11.2. The maximum atomic E-state index is 9.90. The molecular formula is C13H28N2O. The maximum absolute atomic E-state index is 9.90. The summed E-state index contributed by atoms with van der Waals surface area (Å²) in [6.07, 6.45) is 1.04. The van der Waals surface area contributed by atoms with Crippen LogP contribution in [0.15, 0.2) is 0 Å². The van der Waals surface area contributed by atoms with E-state index < -0.39 is 0 Å². The van der Waals surface area contributed by atoms with Gasteiger partial charge in [-0.3, -0.25) is 0 Å². The van der Waals surface area contributed by atoms with Crippen molar-refractivity contribution >= 4 is 0 Å². The average Bonchev–Trinajstić information content (AvgIpc) is 2.21. The van der Waals surface area contributed by atoms with Gasteiger partial charge in [0.1, 0.15) is 0 Å². The number of hydrogen-bond donors (Lipinski definition) is 2. The predicted octanol–water partition coefficient (Wildman–Crippen LogP) is 1.32. The first-order valence-electron chi connectivity index (χ1n) is 6.62. The number of piperidine rings is 1. The van der Waals surface area contributed by atoms with Crippen molar-refractivity contribution in [1.29, 1.82) is 0 Å². The lowest BCUT2D eigenvalue weighted by Gasteiger charge is -2.36. The van der Waals surface area contributed by atoms with E-state index >= 15 is 0 Å². The molecule has 3 nitrogen and oxygen atoms in total. The third-order valence-electron chi connectivity index (χ3n) is 3.65. The molecule has 3 heteroatoms. The molecule has 1 aliphatic heterocycles. The topological polar surface area (TPSA) is 35.5 Å². The highest BCUT2D eigenvalue weighted by Gasteiger charge is 2.23. The number of β-amino-alcohol motifs (C(OH)–C–C–N with tert-alkyl or cyclic N) is 1. The van der Waals surface area contributed by atoms with Gasteiger partial charge in [0.2, 0.25) is 0 Å². The summed E-state index contributed by atoms with van der Waals surface area (Å²) in [7, 11) is 0. The standard InChI is InChI=1S/C13H28N2O/c1-10(2)14-7-13(16)9-15-6-5-11(3)12(4)8-15/h10-14,16H,5-9H2,1-4H3. The van der Waals surface area contributed by atoms with Crippen molar-refractivity contribution in [2.45, 2.75) is 46.3 Å². The summed E-state index contributed by atoms with van der Waals surface area (Å²) < 4.78 is 0. The first kappa shape index (κ1) is 13.9. The minimum Gasteiger partial charge on any atom is -0.390 e. The Labute approximate surface area is 100 Å². The van der Waals surface area contributed by atoms with Gasteiger partial charge in [0.15, 0.2) is 0 Å². The Balaban J connectivity index is 2.21. The number of rotatable bonds is 5. The Morgan fingerprint density at radius 1 is 1.31 bits per heavy atom. The molecule has 0 saturated carbocycles. The molecule has 0 aliphatic carbocycles. The minimum absolute atomic E-state index is 0.233. The molecule has 2 N–H and O–H groups in total. The Morgan fingerprint density at radius 2 is 2.00 bits per heavy atom. The Morgan fingerprint density at radius 3 is 2.56 bits per heavy atom. The van der Waals surface area contributed by atoms with Crippen LogP contribution in [0.5, 0.6) is 0 Å². The van der Waals surface area contributed by atoms with E-state index in [1.165, 1.54) is 6.42 Å². The van der Waals surface area contributed by atoms with Gasteiger partial charge in [-0.1, -0.05) is 27.7 Å². The van der Waals surface area contributed by atoms with Crippen LogP contribution in [-0.2, 0) is 0 Å². The maximum Gasteiger partial charge on any atom is 0.0791 e. The van der Waals surface area contributed by atoms with Crippen molar-refractivity contribution in [3.63, 3.8) is 0 Å². The largest absolute Gasteiger partial charge is 0.390 e. The van der Waals surface area contributed by atoms with Crippen LogP contribution >= 0.6 is 0 Å². The third kappa shape index (κ3) is 4.81. The lowest BCUT2D eigenvalue weighted by atomic mass is 9.88. The molecule has 0 aromatic rings. The highest BCUT2D eigenvalue weighted by atomic mass is 16.3. The van der Waals surface area contributed by atoms with Crippen molar-refractivity contribution in [1.82, 2.24) is 10.2 Å². The lowest BCUT2D eigenvalue weighted by Crippen LogP contribution is -2.45. The van der Waals surface area contributed by atoms with Crippen LogP contribution in [-0.4, -0.2) is 48.3 Å². The molecule has 1 heterocycles. The fourth-order valence-corrected chi connectivity index (χ4v) is 2.25. The Kier molecular flexibility index (Phi) is 5.73. The molecule has 96 valence electrons. The molecule has 1 saturated heterocycles. The van der Waals surface area contributed by atoms with E-state index in [2.05, 4.69) is 37.9 Å². The second kappa shape index (κ2) is 6.58. The first-order valence-corrected chi connectivity index (χ1v) is 6.62. The van der Waals surface area contributed by atoms with Gasteiger partial charge in [0.05, 0.1) is 6.10 Å². The zero-order valence-electron chi connectivity index (χ0n) is 11.2. The van der Waals surface area contributed by atoms with Gasteiger partial charge in [0.25, 0.3) is 0 Å². The molecule has 0 bridgehead atoms. The summed E-state index contributed by atoms with van der Waals surface area (Å²) in [6.45, 7) is 12.7. The number of nitrogens with zero attached hydrogens (tertiary/aromatic N) is 1. The molecule has 1 fully saturated rings. The summed E-state index contributed by atoms with van der Waals surface area (Å²) in [5.74, 6) is 1.60. The van der Waals surface area contributed by atoms with E-state index in [1.54, 1.807) is 0 Å². The second-order valence-electron chi connectivity index (χ2n) is 5.72. The SMILES string of the molecule is CC(C)NCC(O)CN1CCC(C)C(C)C1. The number of likely N-dealkylation sites (tertiary alicyclic amines) is 1. The summed E-state index contributed by atoms with van der Waals surface area (Å²) in [5, 5.41) is 13.2. The van der Waals surface area contributed by atoms with Crippen LogP contribution in [0.3, 0.4) is 0 Å². The first-order chi connectivity index (χ1) is 7.49. The molecule has 0 aromatic heterocycles. The van der Waals surface area contributed by atoms with Crippen LogP contribution in [0, 0.1) is 11.8 Å². The fourth-order valence-electron chi connectivity index (χ4n) is 2.25. The Hall–Kier alpha value is -0.120. The summed E-state index contributed by atoms with van der Waals surface area (Å²) >= 11 is 0. The summed E-state index contributed by atoms with van der Waals surface area (Å²) in [6, 6.07) is 0.454. The normalized spacial score (nSPS) is 29.6. The molecule has 1 aliphatic rings. The second-order valence-corrected chi connectivity index (χ2v) is 5.72. The van der Waals surface area contributed by atoms with E-state index in [0.29, 0.717) is 12.6 Å². The molecule has 0 radical (unpaired) electrons.